The molecule has 0 radical (unpaired) electrons. The van der Waals surface area contributed by atoms with Crippen molar-refractivity contribution in [3.05, 3.63) is 42.2 Å². The third-order valence-corrected chi connectivity index (χ3v) is 5.25. The summed E-state index contributed by atoms with van der Waals surface area (Å²) in [6.45, 7) is 2.24. The van der Waals surface area contributed by atoms with Crippen LogP contribution in [-0.2, 0) is 9.84 Å². The van der Waals surface area contributed by atoms with Crippen LogP contribution in [0, 0.1) is 5.82 Å². The third-order valence-electron chi connectivity index (χ3n) is 4.26. The Morgan fingerprint density at radius 2 is 2.12 bits per heavy atom. The minimum atomic E-state index is -3.14. The van der Waals surface area contributed by atoms with E-state index in [0.29, 0.717) is 30.2 Å². The number of amides is 2. The summed E-state index contributed by atoms with van der Waals surface area (Å²) < 4.78 is 41.4. The predicted molar refractivity (Wildman–Crippen MR) is 93.7 cm³/mol. The fourth-order valence-electron chi connectivity index (χ4n) is 2.80. The molecule has 9 heteroatoms. The summed E-state index contributed by atoms with van der Waals surface area (Å²) in [6, 6.07) is 4.69. The van der Waals surface area contributed by atoms with Gasteiger partial charge in [0.1, 0.15) is 21.7 Å². The maximum atomic E-state index is 13.0. The predicted octanol–water partition coefficient (Wildman–Crippen LogP) is 2.37. The van der Waals surface area contributed by atoms with Crippen molar-refractivity contribution in [3.8, 4) is 11.3 Å². The van der Waals surface area contributed by atoms with Gasteiger partial charge in [0.15, 0.2) is 5.76 Å². The highest BCUT2D eigenvalue weighted by Crippen LogP contribution is 2.24. The van der Waals surface area contributed by atoms with Gasteiger partial charge in [-0.15, -0.1) is 0 Å². The number of sulfone groups is 1. The van der Waals surface area contributed by atoms with Gasteiger partial charge in [-0.05, 0) is 37.6 Å². The molecule has 1 saturated heterocycles. The fraction of sp³-hybridized carbons (Fsp3) is 0.412. The van der Waals surface area contributed by atoms with E-state index in [1.165, 1.54) is 23.2 Å². The monoisotopic (exact) mass is 381 g/mol. The van der Waals surface area contributed by atoms with E-state index in [-0.39, 0.29) is 23.6 Å². The van der Waals surface area contributed by atoms with Crippen LogP contribution in [0.5, 0.6) is 0 Å². The standard InChI is InChI=1S/C17H20FN3O4S/c1-11(20-17(22)21-8-7-14(21)10-26(2,23)24)16-19-9-15(25-16)12-3-5-13(18)6-4-12/h3-6,9,11,14H,7-8,10H2,1-2H3,(H,20,22)/t11?,14-/m0/s1. The summed E-state index contributed by atoms with van der Waals surface area (Å²) in [5.74, 6) is 0.410. The van der Waals surface area contributed by atoms with Crippen molar-refractivity contribution in [2.24, 2.45) is 0 Å². The van der Waals surface area contributed by atoms with E-state index in [4.69, 9.17) is 4.42 Å². The SMILES string of the molecule is CC(NC(=O)N1CC[C@H]1CS(C)(=O)=O)c1ncc(-c2ccc(F)cc2)o1. The molecule has 7 nitrogen and oxygen atoms in total. The van der Waals surface area contributed by atoms with Gasteiger partial charge in [0.25, 0.3) is 0 Å². The van der Waals surface area contributed by atoms with Gasteiger partial charge in [-0.1, -0.05) is 0 Å². The molecule has 2 atom stereocenters. The minimum absolute atomic E-state index is 0.0392. The Bertz CT molecular complexity index is 895. The molecule has 140 valence electrons. The van der Waals surface area contributed by atoms with Crippen molar-refractivity contribution in [1.29, 1.82) is 0 Å². The second-order valence-corrected chi connectivity index (χ2v) is 8.65. The Kier molecular flexibility index (Phi) is 4.99. The number of hydrogen-bond acceptors (Lipinski definition) is 5. The number of nitrogens with zero attached hydrogens (tertiary/aromatic N) is 2. The van der Waals surface area contributed by atoms with Gasteiger partial charge in [0.2, 0.25) is 5.89 Å². The van der Waals surface area contributed by atoms with E-state index in [2.05, 4.69) is 10.3 Å². The Labute approximate surface area is 151 Å². The molecule has 1 fully saturated rings. The van der Waals surface area contributed by atoms with Gasteiger partial charge in [-0.2, -0.15) is 0 Å². The van der Waals surface area contributed by atoms with Gasteiger partial charge in [-0.3, -0.25) is 0 Å². The number of rotatable bonds is 5. The van der Waals surface area contributed by atoms with Crippen molar-refractivity contribution in [3.63, 3.8) is 0 Å². The number of hydrogen-bond donors (Lipinski definition) is 1. The Balaban J connectivity index is 1.62. The first-order chi connectivity index (χ1) is 12.2. The topological polar surface area (TPSA) is 92.5 Å². The number of oxazole rings is 1. The summed E-state index contributed by atoms with van der Waals surface area (Å²) in [5, 5.41) is 2.76. The first-order valence-corrected chi connectivity index (χ1v) is 10.3. The summed E-state index contributed by atoms with van der Waals surface area (Å²) in [6.07, 6.45) is 3.34. The third kappa shape index (κ3) is 4.21. The van der Waals surface area contributed by atoms with Gasteiger partial charge >= 0.3 is 6.03 Å². The summed E-state index contributed by atoms with van der Waals surface area (Å²) in [5.41, 5.74) is 0.680. The molecule has 1 unspecified atom stereocenters. The van der Waals surface area contributed by atoms with Crippen LogP contribution in [0.25, 0.3) is 11.3 Å². The summed E-state index contributed by atoms with van der Waals surface area (Å²) >= 11 is 0. The molecule has 0 saturated carbocycles. The molecule has 0 aliphatic carbocycles. The number of urea groups is 1. The lowest BCUT2D eigenvalue weighted by Gasteiger charge is -2.40. The molecule has 1 aromatic carbocycles. The maximum Gasteiger partial charge on any atom is 0.318 e. The lowest BCUT2D eigenvalue weighted by Crippen LogP contribution is -2.57. The van der Waals surface area contributed by atoms with Gasteiger partial charge in [0, 0.05) is 24.4 Å². The van der Waals surface area contributed by atoms with Crippen LogP contribution in [0.3, 0.4) is 0 Å². The smallest absolute Gasteiger partial charge is 0.318 e. The quantitative estimate of drug-likeness (QED) is 0.858. The lowest BCUT2D eigenvalue weighted by molar-refractivity contribution is 0.123. The fourth-order valence-corrected chi connectivity index (χ4v) is 3.84. The van der Waals surface area contributed by atoms with Crippen LogP contribution in [0.1, 0.15) is 25.3 Å². The Hall–Kier alpha value is -2.42. The van der Waals surface area contributed by atoms with Crippen molar-refractivity contribution in [2.45, 2.75) is 25.4 Å². The highest BCUT2D eigenvalue weighted by Gasteiger charge is 2.35. The zero-order valence-electron chi connectivity index (χ0n) is 14.5. The molecule has 2 heterocycles. The van der Waals surface area contributed by atoms with Crippen molar-refractivity contribution >= 4 is 15.9 Å². The van der Waals surface area contributed by atoms with Crippen molar-refractivity contribution in [1.82, 2.24) is 15.2 Å². The van der Waals surface area contributed by atoms with Crippen LogP contribution in [0.2, 0.25) is 0 Å². The highest BCUT2D eigenvalue weighted by atomic mass is 32.2. The highest BCUT2D eigenvalue weighted by molar-refractivity contribution is 7.90. The zero-order valence-corrected chi connectivity index (χ0v) is 15.3. The average Bonchev–Trinajstić information content (AvgIpc) is 3.01. The van der Waals surface area contributed by atoms with Gasteiger partial charge in [-0.25, -0.2) is 22.6 Å². The van der Waals surface area contributed by atoms with E-state index in [0.717, 1.165) is 6.26 Å². The molecule has 2 aromatic rings. The van der Waals surface area contributed by atoms with E-state index in [9.17, 15) is 17.6 Å². The second-order valence-electron chi connectivity index (χ2n) is 6.47. The van der Waals surface area contributed by atoms with Crippen LogP contribution in [0.4, 0.5) is 9.18 Å². The van der Waals surface area contributed by atoms with Crippen LogP contribution in [0.15, 0.2) is 34.9 Å². The van der Waals surface area contributed by atoms with Crippen LogP contribution in [-0.4, -0.2) is 48.9 Å². The van der Waals surface area contributed by atoms with E-state index in [1.807, 2.05) is 0 Å². The number of likely N-dealkylation sites (tertiary alicyclic amines) is 1. The molecule has 3 rings (SSSR count). The molecule has 1 N–H and O–H groups in total. The molecule has 1 aromatic heterocycles. The average molecular weight is 381 g/mol. The lowest BCUT2D eigenvalue weighted by atomic mass is 10.1. The molecule has 2 amide bonds. The number of aromatic nitrogens is 1. The zero-order chi connectivity index (χ0) is 18.9. The van der Waals surface area contributed by atoms with Crippen molar-refractivity contribution < 1.29 is 22.0 Å². The Morgan fingerprint density at radius 1 is 1.42 bits per heavy atom. The molecule has 1 aliphatic rings. The molecular formula is C17H20FN3O4S. The van der Waals surface area contributed by atoms with Crippen LogP contribution >= 0.6 is 0 Å². The summed E-state index contributed by atoms with van der Waals surface area (Å²) in [4.78, 5) is 18.0. The second kappa shape index (κ2) is 7.06. The normalized spacial score (nSPS) is 18.3. The van der Waals surface area contributed by atoms with E-state index in [1.54, 1.807) is 19.1 Å². The molecule has 0 bridgehead atoms. The molecule has 26 heavy (non-hydrogen) atoms. The maximum absolute atomic E-state index is 13.0. The van der Waals surface area contributed by atoms with Crippen molar-refractivity contribution in [2.75, 3.05) is 18.6 Å². The number of halogens is 1. The largest absolute Gasteiger partial charge is 0.438 e. The number of benzene rings is 1. The molecular weight excluding hydrogens is 361 g/mol. The van der Waals surface area contributed by atoms with Crippen LogP contribution < -0.4 is 5.32 Å². The van der Waals surface area contributed by atoms with Gasteiger partial charge < -0.3 is 14.6 Å². The van der Waals surface area contributed by atoms with E-state index < -0.39 is 15.9 Å². The number of nitrogens with one attached hydrogen (secondary N) is 1. The molecule has 1 aliphatic heterocycles. The van der Waals surface area contributed by atoms with Gasteiger partial charge in [0.05, 0.1) is 11.9 Å². The Morgan fingerprint density at radius 3 is 2.69 bits per heavy atom. The molecule has 0 spiro atoms. The van der Waals surface area contributed by atoms with E-state index >= 15 is 0 Å². The number of carbonyl (C=O) groups is 1. The minimum Gasteiger partial charge on any atom is -0.438 e. The number of carbonyl (C=O) groups excluding carboxylic acids is 1. The first-order valence-electron chi connectivity index (χ1n) is 8.19. The summed E-state index contributed by atoms with van der Waals surface area (Å²) in [7, 11) is -3.14. The first kappa shape index (κ1) is 18.4.